The monoisotopic (exact) mass is 546 g/mol. The van der Waals surface area contributed by atoms with Crippen LogP contribution < -0.4 is 9.47 Å². The molecule has 2 saturated heterocycles. The highest BCUT2D eigenvalue weighted by atomic mass is 16.6. The largest absolute Gasteiger partial charge is 0.491 e. The Kier molecular flexibility index (Phi) is 7.76. The van der Waals surface area contributed by atoms with Gasteiger partial charge in [-0.15, -0.1) is 0 Å². The molecule has 4 nitrogen and oxygen atoms in total. The Labute approximate surface area is 243 Å². The third-order valence-electron chi connectivity index (χ3n) is 8.89. The molecule has 3 aliphatic rings. The fraction of sp³-hybridized carbons (Fsp3) is 0.351. The Morgan fingerprint density at radius 1 is 0.561 bits per heavy atom. The third kappa shape index (κ3) is 6.66. The van der Waals surface area contributed by atoms with Crippen LogP contribution in [-0.4, -0.2) is 38.6 Å². The summed E-state index contributed by atoms with van der Waals surface area (Å²) in [6, 6.07) is 37.5. The Balaban J connectivity index is 1.06. The smallest absolute Gasteiger partial charge is 0.119 e. The molecule has 0 amide bonds. The molecule has 7 rings (SSSR count). The van der Waals surface area contributed by atoms with E-state index in [2.05, 4.69) is 103 Å². The summed E-state index contributed by atoms with van der Waals surface area (Å²) in [5, 5.41) is 0. The van der Waals surface area contributed by atoms with Gasteiger partial charge in [-0.3, -0.25) is 0 Å². The van der Waals surface area contributed by atoms with Crippen molar-refractivity contribution in [2.45, 2.75) is 49.7 Å². The van der Waals surface area contributed by atoms with E-state index in [1.54, 1.807) is 0 Å². The summed E-state index contributed by atoms with van der Waals surface area (Å²) in [5.74, 6) is 3.39. The van der Waals surface area contributed by atoms with Gasteiger partial charge in [0.2, 0.25) is 0 Å². The molecule has 0 bridgehead atoms. The second-order valence-corrected chi connectivity index (χ2v) is 11.7. The van der Waals surface area contributed by atoms with E-state index in [1.807, 2.05) is 0 Å². The van der Waals surface area contributed by atoms with Gasteiger partial charge < -0.3 is 18.9 Å². The fourth-order valence-corrected chi connectivity index (χ4v) is 6.35. The molecule has 0 aromatic heterocycles. The molecule has 4 heteroatoms. The Hall–Kier alpha value is -3.60. The second kappa shape index (κ2) is 12.1. The molecular formula is C37H38O4. The molecule has 0 radical (unpaired) electrons. The minimum absolute atomic E-state index is 0.263. The topological polar surface area (TPSA) is 43.5 Å². The van der Waals surface area contributed by atoms with Gasteiger partial charge in [-0.05, 0) is 89.6 Å². The molecule has 210 valence electrons. The average Bonchev–Trinajstić information content (AvgIpc) is 3.98. The summed E-state index contributed by atoms with van der Waals surface area (Å²) >= 11 is 0. The Bertz CT molecular complexity index is 1320. The maximum Gasteiger partial charge on any atom is 0.119 e. The Morgan fingerprint density at radius 2 is 1.05 bits per heavy atom. The van der Waals surface area contributed by atoms with Crippen molar-refractivity contribution >= 4 is 0 Å². The van der Waals surface area contributed by atoms with E-state index < -0.39 is 0 Å². The van der Waals surface area contributed by atoms with Gasteiger partial charge in [0.1, 0.15) is 36.9 Å². The zero-order chi connectivity index (χ0) is 27.4. The first kappa shape index (κ1) is 26.3. The van der Waals surface area contributed by atoms with Gasteiger partial charge in [0.15, 0.2) is 0 Å². The molecule has 3 fully saturated rings. The molecule has 4 aromatic rings. The minimum atomic E-state index is 0.263. The zero-order valence-corrected chi connectivity index (χ0v) is 23.5. The number of rotatable bonds is 11. The van der Waals surface area contributed by atoms with Crippen molar-refractivity contribution in [2.24, 2.45) is 5.92 Å². The number of hydrogen-bond donors (Lipinski definition) is 0. The van der Waals surface area contributed by atoms with Gasteiger partial charge in [-0.1, -0.05) is 78.9 Å². The normalized spacial score (nSPS) is 23.9. The summed E-state index contributed by atoms with van der Waals surface area (Å²) in [5.41, 5.74) is 6.76. The van der Waals surface area contributed by atoms with Crippen LogP contribution in [0.1, 0.15) is 54.2 Å². The lowest BCUT2D eigenvalue weighted by atomic mass is 9.70. The number of hydrogen-bond acceptors (Lipinski definition) is 4. The van der Waals surface area contributed by atoms with Crippen LogP contribution in [0.3, 0.4) is 0 Å². The van der Waals surface area contributed by atoms with E-state index in [4.69, 9.17) is 18.9 Å². The molecule has 41 heavy (non-hydrogen) atoms. The quantitative estimate of drug-likeness (QED) is 0.179. The van der Waals surface area contributed by atoms with Gasteiger partial charge in [0, 0.05) is 5.92 Å². The van der Waals surface area contributed by atoms with Crippen molar-refractivity contribution < 1.29 is 18.9 Å². The van der Waals surface area contributed by atoms with Crippen molar-refractivity contribution in [1.29, 1.82) is 0 Å². The average molecular weight is 547 g/mol. The summed E-state index contributed by atoms with van der Waals surface area (Å²) in [6.45, 7) is 2.89. The van der Waals surface area contributed by atoms with E-state index >= 15 is 0 Å². The predicted molar refractivity (Wildman–Crippen MR) is 162 cm³/mol. The van der Waals surface area contributed by atoms with E-state index in [0.717, 1.165) is 24.7 Å². The molecule has 2 heterocycles. The Morgan fingerprint density at radius 3 is 1.54 bits per heavy atom. The van der Waals surface area contributed by atoms with Gasteiger partial charge in [0.05, 0.1) is 13.2 Å². The van der Waals surface area contributed by atoms with Crippen LogP contribution in [0.25, 0.3) is 11.1 Å². The standard InChI is InChI=1S/C37H38O4/c1-2-4-26(5-3-1)27-6-8-28(9-7-27)29-10-12-30(13-11-29)37(31-14-18-33(19-15-31)38-22-35-24-40-35)32-16-20-34(21-17-32)39-23-36-25-41-36/h1-9,14-21,29-30,35-37H,10-13,22-25H2. The zero-order valence-electron chi connectivity index (χ0n) is 23.5. The maximum absolute atomic E-state index is 5.93. The van der Waals surface area contributed by atoms with Crippen LogP contribution >= 0.6 is 0 Å². The van der Waals surface area contributed by atoms with E-state index in [0.29, 0.717) is 31.0 Å². The summed E-state index contributed by atoms with van der Waals surface area (Å²) in [7, 11) is 0. The highest BCUT2D eigenvalue weighted by Crippen LogP contribution is 2.45. The lowest BCUT2D eigenvalue weighted by Gasteiger charge is -2.35. The van der Waals surface area contributed by atoms with E-state index in [1.165, 1.54) is 53.5 Å². The third-order valence-corrected chi connectivity index (χ3v) is 8.89. The maximum atomic E-state index is 5.93. The highest BCUT2D eigenvalue weighted by Gasteiger charge is 2.31. The van der Waals surface area contributed by atoms with Crippen LogP contribution in [-0.2, 0) is 9.47 Å². The van der Waals surface area contributed by atoms with Crippen LogP contribution in [0.2, 0.25) is 0 Å². The van der Waals surface area contributed by atoms with Gasteiger partial charge in [0.25, 0.3) is 0 Å². The number of ether oxygens (including phenoxy) is 4. The molecule has 1 saturated carbocycles. The SMILES string of the molecule is c1ccc(-c2ccc(C3CCC(C(c4ccc(OCC5CO5)cc4)c4ccc(OCC5CO5)cc4)CC3)cc2)cc1. The molecule has 0 N–H and O–H groups in total. The number of benzene rings is 4. The molecule has 2 aliphatic heterocycles. The van der Waals surface area contributed by atoms with Crippen LogP contribution in [0, 0.1) is 5.92 Å². The van der Waals surface area contributed by atoms with Crippen molar-refractivity contribution in [3.8, 4) is 22.6 Å². The van der Waals surface area contributed by atoms with E-state index in [9.17, 15) is 0 Å². The summed E-state index contributed by atoms with van der Waals surface area (Å²) < 4.78 is 22.5. The summed E-state index contributed by atoms with van der Waals surface area (Å²) in [6.07, 6.45) is 5.39. The second-order valence-electron chi connectivity index (χ2n) is 11.7. The molecule has 2 atom stereocenters. The molecule has 0 spiro atoms. The van der Waals surface area contributed by atoms with Crippen LogP contribution in [0.4, 0.5) is 0 Å². The first-order valence-corrected chi connectivity index (χ1v) is 15.1. The van der Waals surface area contributed by atoms with Gasteiger partial charge >= 0.3 is 0 Å². The molecule has 4 aromatic carbocycles. The molecule has 2 unspecified atom stereocenters. The fourth-order valence-electron chi connectivity index (χ4n) is 6.35. The van der Waals surface area contributed by atoms with Crippen molar-refractivity contribution in [2.75, 3.05) is 26.4 Å². The molecular weight excluding hydrogens is 508 g/mol. The lowest BCUT2D eigenvalue weighted by Crippen LogP contribution is -2.21. The number of epoxide rings is 2. The van der Waals surface area contributed by atoms with Crippen LogP contribution in [0.5, 0.6) is 11.5 Å². The minimum Gasteiger partial charge on any atom is -0.491 e. The van der Waals surface area contributed by atoms with E-state index in [-0.39, 0.29) is 12.2 Å². The first-order chi connectivity index (χ1) is 20.3. The van der Waals surface area contributed by atoms with Crippen molar-refractivity contribution in [3.05, 3.63) is 120 Å². The van der Waals surface area contributed by atoms with Crippen molar-refractivity contribution in [3.63, 3.8) is 0 Å². The summed E-state index contributed by atoms with van der Waals surface area (Å²) in [4.78, 5) is 0. The lowest BCUT2D eigenvalue weighted by molar-refractivity contribution is 0.262. The highest BCUT2D eigenvalue weighted by molar-refractivity contribution is 5.63. The van der Waals surface area contributed by atoms with Gasteiger partial charge in [-0.2, -0.15) is 0 Å². The van der Waals surface area contributed by atoms with Crippen molar-refractivity contribution in [1.82, 2.24) is 0 Å². The molecule has 1 aliphatic carbocycles. The van der Waals surface area contributed by atoms with Crippen LogP contribution in [0.15, 0.2) is 103 Å². The first-order valence-electron chi connectivity index (χ1n) is 15.1. The predicted octanol–water partition coefficient (Wildman–Crippen LogP) is 8.01. The van der Waals surface area contributed by atoms with Gasteiger partial charge in [-0.25, -0.2) is 0 Å².